The molecule has 1 aromatic rings. The summed E-state index contributed by atoms with van der Waals surface area (Å²) in [7, 11) is 1.84. The largest absolute Gasteiger partial charge is 0.462 e. The van der Waals surface area contributed by atoms with Crippen LogP contribution in [-0.4, -0.2) is 26.2 Å². The summed E-state index contributed by atoms with van der Waals surface area (Å²) in [5, 5.41) is 0. The first-order valence-corrected chi connectivity index (χ1v) is 7.00. The molecule has 0 bridgehead atoms. The number of carbonyl (C=O) groups is 1. The molecule has 0 unspecified atom stereocenters. The fraction of sp³-hybridized carbons (Fsp3) is 0.533. The van der Waals surface area contributed by atoms with Crippen molar-refractivity contribution in [3.63, 3.8) is 0 Å². The van der Waals surface area contributed by atoms with Gasteiger partial charge in [0.15, 0.2) is 0 Å². The lowest BCUT2D eigenvalue weighted by Crippen LogP contribution is -2.30. The van der Waals surface area contributed by atoms with Crippen LogP contribution in [0.5, 0.6) is 0 Å². The van der Waals surface area contributed by atoms with Crippen molar-refractivity contribution in [3.8, 4) is 0 Å². The summed E-state index contributed by atoms with van der Waals surface area (Å²) in [5.74, 6) is -0.302. The standard InChI is InChI=1S/C15H21FN2O2/c1-3-20-15(19)11-7-14(12(16)8-13(11)17)18(2)9-10-5-4-6-10/h7-8,10H,3-6,9,17H2,1-2H3. The van der Waals surface area contributed by atoms with Crippen molar-refractivity contribution in [2.45, 2.75) is 26.2 Å². The molecule has 0 heterocycles. The number of hydrogen-bond acceptors (Lipinski definition) is 4. The highest BCUT2D eigenvalue weighted by atomic mass is 19.1. The number of esters is 1. The summed E-state index contributed by atoms with van der Waals surface area (Å²) in [5.41, 5.74) is 6.44. The predicted octanol–water partition coefficient (Wildman–Crippen LogP) is 2.82. The fourth-order valence-corrected chi connectivity index (χ4v) is 2.42. The van der Waals surface area contributed by atoms with Crippen LogP contribution < -0.4 is 10.6 Å². The van der Waals surface area contributed by atoms with E-state index >= 15 is 0 Å². The van der Waals surface area contributed by atoms with Gasteiger partial charge in [-0.05, 0) is 37.8 Å². The molecule has 0 saturated heterocycles. The van der Waals surface area contributed by atoms with Crippen molar-refractivity contribution in [1.82, 2.24) is 0 Å². The summed E-state index contributed by atoms with van der Waals surface area (Å²) < 4.78 is 19.0. The highest BCUT2D eigenvalue weighted by Gasteiger charge is 2.22. The molecule has 110 valence electrons. The van der Waals surface area contributed by atoms with Gasteiger partial charge in [0.1, 0.15) is 5.82 Å². The molecule has 0 amide bonds. The van der Waals surface area contributed by atoms with Gasteiger partial charge >= 0.3 is 5.97 Å². The predicted molar refractivity (Wildman–Crippen MR) is 77.4 cm³/mol. The van der Waals surface area contributed by atoms with Crippen LogP contribution in [0.2, 0.25) is 0 Å². The van der Waals surface area contributed by atoms with Gasteiger partial charge in [0.05, 0.1) is 17.9 Å². The second kappa shape index (κ2) is 6.11. The molecule has 0 aromatic heterocycles. The number of hydrogen-bond donors (Lipinski definition) is 1. The van der Waals surface area contributed by atoms with Gasteiger partial charge in [-0.1, -0.05) is 6.42 Å². The summed E-state index contributed by atoms with van der Waals surface area (Å²) in [6.07, 6.45) is 3.62. The molecule has 5 heteroatoms. The van der Waals surface area contributed by atoms with Gasteiger partial charge in [-0.15, -0.1) is 0 Å². The number of rotatable bonds is 5. The summed E-state index contributed by atoms with van der Waals surface area (Å²) in [4.78, 5) is 13.6. The number of ether oxygens (including phenoxy) is 1. The van der Waals surface area contributed by atoms with Crippen molar-refractivity contribution in [1.29, 1.82) is 0 Å². The molecule has 1 aliphatic rings. The summed E-state index contributed by atoms with van der Waals surface area (Å²) >= 11 is 0. The Bertz CT molecular complexity index is 501. The zero-order chi connectivity index (χ0) is 14.7. The first kappa shape index (κ1) is 14.6. The first-order valence-electron chi connectivity index (χ1n) is 7.00. The zero-order valence-corrected chi connectivity index (χ0v) is 12.0. The lowest BCUT2D eigenvalue weighted by molar-refractivity contribution is 0.0527. The molecule has 0 aliphatic heterocycles. The van der Waals surface area contributed by atoms with Gasteiger partial charge in [0, 0.05) is 19.3 Å². The molecule has 20 heavy (non-hydrogen) atoms. The Morgan fingerprint density at radius 3 is 2.75 bits per heavy atom. The van der Waals surface area contributed by atoms with E-state index in [0.717, 1.165) is 6.54 Å². The van der Waals surface area contributed by atoms with Crippen molar-refractivity contribution < 1.29 is 13.9 Å². The number of nitrogens with two attached hydrogens (primary N) is 1. The Labute approximate surface area is 118 Å². The lowest BCUT2D eigenvalue weighted by atomic mass is 9.85. The van der Waals surface area contributed by atoms with Crippen LogP contribution in [0.25, 0.3) is 0 Å². The van der Waals surface area contributed by atoms with Crippen molar-refractivity contribution >= 4 is 17.3 Å². The average molecular weight is 280 g/mol. The average Bonchev–Trinajstić information content (AvgIpc) is 2.33. The first-order chi connectivity index (χ1) is 9.52. The SMILES string of the molecule is CCOC(=O)c1cc(N(C)CC2CCC2)c(F)cc1N. The van der Waals surface area contributed by atoms with Crippen molar-refractivity contribution in [2.24, 2.45) is 5.92 Å². The quantitative estimate of drug-likeness (QED) is 0.665. The van der Waals surface area contributed by atoms with Crippen molar-refractivity contribution in [2.75, 3.05) is 30.8 Å². The Morgan fingerprint density at radius 2 is 2.20 bits per heavy atom. The maximum atomic E-state index is 14.0. The van der Waals surface area contributed by atoms with E-state index < -0.39 is 11.8 Å². The van der Waals surface area contributed by atoms with Crippen LogP contribution in [0.1, 0.15) is 36.5 Å². The van der Waals surface area contributed by atoms with Gasteiger partial charge in [0.25, 0.3) is 0 Å². The van der Waals surface area contributed by atoms with Crippen LogP contribution >= 0.6 is 0 Å². The van der Waals surface area contributed by atoms with E-state index in [2.05, 4.69) is 0 Å². The van der Waals surface area contributed by atoms with Gasteiger partial charge in [-0.25, -0.2) is 9.18 Å². The van der Waals surface area contributed by atoms with Crippen LogP contribution in [0.4, 0.5) is 15.8 Å². The van der Waals surface area contributed by atoms with E-state index in [9.17, 15) is 9.18 Å². The van der Waals surface area contributed by atoms with Gasteiger partial charge < -0.3 is 15.4 Å². The van der Waals surface area contributed by atoms with Gasteiger partial charge in [0.2, 0.25) is 0 Å². The number of nitrogens with zero attached hydrogens (tertiary/aromatic N) is 1. The maximum absolute atomic E-state index is 14.0. The minimum Gasteiger partial charge on any atom is -0.462 e. The maximum Gasteiger partial charge on any atom is 0.340 e. The van der Waals surface area contributed by atoms with E-state index in [0.29, 0.717) is 11.6 Å². The minimum atomic E-state index is -0.511. The number of benzene rings is 1. The Morgan fingerprint density at radius 1 is 1.50 bits per heavy atom. The third-order valence-electron chi connectivity index (χ3n) is 3.78. The number of carbonyl (C=O) groups excluding carboxylic acids is 1. The second-order valence-electron chi connectivity index (χ2n) is 5.29. The van der Waals surface area contributed by atoms with Crippen LogP contribution in [-0.2, 0) is 4.74 Å². The van der Waals surface area contributed by atoms with Crippen LogP contribution in [0, 0.1) is 11.7 Å². The number of halogens is 1. The molecule has 1 fully saturated rings. The van der Waals surface area contributed by atoms with E-state index in [-0.39, 0.29) is 17.9 Å². The molecule has 1 aliphatic carbocycles. The Hall–Kier alpha value is -1.78. The van der Waals surface area contributed by atoms with E-state index in [1.807, 2.05) is 11.9 Å². The molecular formula is C15H21FN2O2. The molecule has 1 saturated carbocycles. The third-order valence-corrected chi connectivity index (χ3v) is 3.78. The summed E-state index contributed by atoms with van der Waals surface area (Å²) in [6, 6.07) is 2.68. The highest BCUT2D eigenvalue weighted by molar-refractivity contribution is 5.96. The van der Waals surface area contributed by atoms with Crippen LogP contribution in [0.15, 0.2) is 12.1 Å². The number of nitrogen functional groups attached to an aromatic ring is 1. The van der Waals surface area contributed by atoms with E-state index in [1.165, 1.54) is 31.4 Å². The molecule has 1 aromatic carbocycles. The van der Waals surface area contributed by atoms with E-state index in [4.69, 9.17) is 10.5 Å². The van der Waals surface area contributed by atoms with Gasteiger partial charge in [-0.3, -0.25) is 0 Å². The van der Waals surface area contributed by atoms with Crippen LogP contribution in [0.3, 0.4) is 0 Å². The van der Waals surface area contributed by atoms with Gasteiger partial charge in [-0.2, -0.15) is 0 Å². The fourth-order valence-electron chi connectivity index (χ4n) is 2.42. The monoisotopic (exact) mass is 280 g/mol. The zero-order valence-electron chi connectivity index (χ0n) is 12.0. The normalized spacial score (nSPS) is 14.8. The third kappa shape index (κ3) is 3.03. The molecule has 0 spiro atoms. The smallest absolute Gasteiger partial charge is 0.340 e. The molecule has 2 rings (SSSR count). The summed E-state index contributed by atoms with van der Waals surface area (Å²) in [6.45, 7) is 2.78. The Kier molecular flexibility index (Phi) is 4.47. The Balaban J connectivity index is 2.22. The highest BCUT2D eigenvalue weighted by Crippen LogP contribution is 2.31. The second-order valence-corrected chi connectivity index (χ2v) is 5.29. The molecule has 2 N–H and O–H groups in total. The molecular weight excluding hydrogens is 259 g/mol. The van der Waals surface area contributed by atoms with E-state index in [1.54, 1.807) is 6.92 Å². The molecule has 0 radical (unpaired) electrons. The lowest BCUT2D eigenvalue weighted by Gasteiger charge is -2.31. The molecule has 0 atom stereocenters. The molecule has 4 nitrogen and oxygen atoms in total. The minimum absolute atomic E-state index is 0.113. The van der Waals surface area contributed by atoms with Crippen molar-refractivity contribution in [3.05, 3.63) is 23.5 Å². The topological polar surface area (TPSA) is 55.6 Å². The number of anilines is 2.